The molecule has 1 atom stereocenters. The normalized spacial score (nSPS) is 13.7. The molecule has 2 aromatic heterocycles. The van der Waals surface area contributed by atoms with Gasteiger partial charge in [0.15, 0.2) is 0 Å². The zero-order valence-corrected chi connectivity index (χ0v) is 17.2. The van der Waals surface area contributed by atoms with Gasteiger partial charge in [-0.1, -0.05) is 13.8 Å². The summed E-state index contributed by atoms with van der Waals surface area (Å²) in [6, 6.07) is 0. The van der Waals surface area contributed by atoms with Crippen molar-refractivity contribution in [3.05, 3.63) is 32.2 Å². The van der Waals surface area contributed by atoms with Crippen molar-refractivity contribution >= 4 is 17.2 Å². The second kappa shape index (κ2) is 7.28. The molecule has 0 fully saturated rings. The van der Waals surface area contributed by atoms with Crippen LogP contribution in [0.5, 0.6) is 0 Å². The number of nitrogens with zero attached hydrogens (tertiary/aromatic N) is 3. The molecule has 0 aliphatic heterocycles. The highest BCUT2D eigenvalue weighted by Gasteiger charge is 2.30. The number of aryl methyl sites for hydroxylation is 3. The van der Waals surface area contributed by atoms with Crippen LogP contribution in [0, 0.1) is 26.7 Å². The summed E-state index contributed by atoms with van der Waals surface area (Å²) in [6.07, 6.45) is 0. The Morgan fingerprint density at radius 2 is 1.92 bits per heavy atom. The van der Waals surface area contributed by atoms with E-state index in [1.54, 1.807) is 14.0 Å². The molecule has 0 aromatic carbocycles. The van der Waals surface area contributed by atoms with E-state index in [-0.39, 0.29) is 17.4 Å². The molecule has 142 valence electrons. The third kappa shape index (κ3) is 3.57. The molecule has 2 heterocycles. The minimum absolute atomic E-state index is 0.182. The quantitative estimate of drug-likeness (QED) is 0.829. The zero-order chi connectivity index (χ0) is 19.8. The number of nitrogens with one attached hydrogen (secondary N) is 1. The second-order valence-electron chi connectivity index (χ2n) is 7.18. The van der Waals surface area contributed by atoms with E-state index in [9.17, 15) is 9.59 Å². The Balaban J connectivity index is 2.49. The summed E-state index contributed by atoms with van der Waals surface area (Å²) in [5, 5.41) is 7.75. The molecule has 2 aromatic rings. The molecule has 0 spiro atoms. The van der Waals surface area contributed by atoms with Crippen LogP contribution in [0.4, 0.5) is 0 Å². The van der Waals surface area contributed by atoms with E-state index in [0.717, 1.165) is 11.3 Å². The minimum Gasteiger partial charge on any atom is -0.345 e. The molecular weight excluding hydrogens is 350 g/mol. The summed E-state index contributed by atoms with van der Waals surface area (Å²) >= 11 is 1.22. The molecule has 26 heavy (non-hydrogen) atoms. The van der Waals surface area contributed by atoms with E-state index in [4.69, 9.17) is 5.73 Å². The first-order chi connectivity index (χ1) is 12.0. The number of thiazole rings is 1. The first kappa shape index (κ1) is 20.3. The van der Waals surface area contributed by atoms with E-state index in [0.29, 0.717) is 27.7 Å². The highest BCUT2D eigenvalue weighted by atomic mass is 32.1. The fourth-order valence-corrected chi connectivity index (χ4v) is 3.62. The molecule has 8 heteroatoms. The van der Waals surface area contributed by atoms with Gasteiger partial charge in [0, 0.05) is 13.6 Å². The van der Waals surface area contributed by atoms with Crippen LogP contribution in [0.2, 0.25) is 0 Å². The molecule has 0 aliphatic carbocycles. The van der Waals surface area contributed by atoms with E-state index in [2.05, 4.69) is 15.4 Å². The number of nitrogens with two attached hydrogens (primary N) is 1. The van der Waals surface area contributed by atoms with Crippen molar-refractivity contribution in [3.8, 4) is 10.6 Å². The summed E-state index contributed by atoms with van der Waals surface area (Å²) in [5.74, 6) is -0.0327. The smallest absolute Gasteiger partial charge is 0.277 e. The van der Waals surface area contributed by atoms with E-state index in [1.807, 2.05) is 34.6 Å². The molecule has 7 nitrogen and oxygen atoms in total. The van der Waals surface area contributed by atoms with Crippen LogP contribution in [0.25, 0.3) is 10.6 Å². The van der Waals surface area contributed by atoms with Gasteiger partial charge in [-0.3, -0.25) is 9.59 Å². The molecule has 1 amide bonds. The predicted molar refractivity (Wildman–Crippen MR) is 105 cm³/mol. The van der Waals surface area contributed by atoms with Crippen LogP contribution < -0.4 is 16.6 Å². The first-order valence-corrected chi connectivity index (χ1v) is 9.38. The molecule has 0 saturated heterocycles. The Hall–Kier alpha value is -2.06. The lowest BCUT2D eigenvalue weighted by atomic mass is 9.88. The number of rotatable bonds is 5. The molecule has 3 N–H and O–H groups in total. The topological polar surface area (TPSA) is 103 Å². The maximum absolute atomic E-state index is 12.8. The van der Waals surface area contributed by atoms with Crippen molar-refractivity contribution in [2.75, 3.05) is 6.54 Å². The number of aromatic nitrogens is 3. The lowest BCUT2D eigenvalue weighted by molar-refractivity contribution is 0.0886. The third-order valence-corrected chi connectivity index (χ3v) is 6.21. The summed E-state index contributed by atoms with van der Waals surface area (Å²) in [4.78, 5) is 30.3. The van der Waals surface area contributed by atoms with Crippen molar-refractivity contribution in [2.45, 2.75) is 47.1 Å². The number of amides is 1. The molecule has 0 radical (unpaired) electrons. The Bertz CT molecular complexity index is 900. The average molecular weight is 378 g/mol. The van der Waals surface area contributed by atoms with Crippen molar-refractivity contribution in [1.82, 2.24) is 20.1 Å². The summed E-state index contributed by atoms with van der Waals surface area (Å²) < 4.78 is 1.30. The lowest BCUT2D eigenvalue weighted by Crippen LogP contribution is -2.54. The molecule has 0 bridgehead atoms. The van der Waals surface area contributed by atoms with Gasteiger partial charge in [-0.05, 0) is 39.2 Å². The highest BCUT2D eigenvalue weighted by molar-refractivity contribution is 7.17. The standard InChI is InChI=1S/C18H27N5O2S/c1-9(2)18(6,8-19)21-15(24)14-12(5)20-16(26-14)13-10(3)11(4)22-23(7)17(13)25/h9H,8,19H2,1-7H3,(H,21,24). The molecule has 0 aliphatic rings. The van der Waals surface area contributed by atoms with Crippen molar-refractivity contribution < 1.29 is 4.79 Å². The van der Waals surface area contributed by atoms with Crippen LogP contribution in [0.15, 0.2) is 4.79 Å². The van der Waals surface area contributed by atoms with Crippen LogP contribution in [0.1, 0.15) is 47.4 Å². The van der Waals surface area contributed by atoms with E-state index in [1.165, 1.54) is 16.0 Å². The Morgan fingerprint density at radius 1 is 1.31 bits per heavy atom. The third-order valence-electron chi connectivity index (χ3n) is 5.04. The number of hydrogen-bond donors (Lipinski definition) is 2. The van der Waals surface area contributed by atoms with Gasteiger partial charge in [-0.15, -0.1) is 11.3 Å². The Labute approximate surface area is 157 Å². The van der Waals surface area contributed by atoms with Gasteiger partial charge >= 0.3 is 0 Å². The monoisotopic (exact) mass is 377 g/mol. The van der Waals surface area contributed by atoms with Crippen molar-refractivity contribution in [3.63, 3.8) is 0 Å². The van der Waals surface area contributed by atoms with Gasteiger partial charge in [0.05, 0.1) is 22.5 Å². The van der Waals surface area contributed by atoms with Crippen molar-refractivity contribution in [1.29, 1.82) is 0 Å². The van der Waals surface area contributed by atoms with Crippen LogP contribution in [-0.2, 0) is 7.05 Å². The van der Waals surface area contributed by atoms with E-state index >= 15 is 0 Å². The van der Waals surface area contributed by atoms with Gasteiger partial charge in [-0.25, -0.2) is 9.67 Å². The molecule has 0 saturated carbocycles. The van der Waals surface area contributed by atoms with Crippen LogP contribution in [0.3, 0.4) is 0 Å². The van der Waals surface area contributed by atoms with E-state index < -0.39 is 5.54 Å². The summed E-state index contributed by atoms with van der Waals surface area (Å²) in [5.41, 5.74) is 7.77. The Kier molecular flexibility index (Phi) is 5.67. The number of carbonyl (C=O) groups excluding carboxylic acids is 1. The molecule has 1 unspecified atom stereocenters. The van der Waals surface area contributed by atoms with Crippen LogP contribution >= 0.6 is 11.3 Å². The zero-order valence-electron chi connectivity index (χ0n) is 16.4. The minimum atomic E-state index is -0.507. The van der Waals surface area contributed by atoms with Gasteiger partial charge in [0.1, 0.15) is 9.88 Å². The average Bonchev–Trinajstić information content (AvgIpc) is 2.94. The van der Waals surface area contributed by atoms with Gasteiger partial charge in [-0.2, -0.15) is 5.10 Å². The Morgan fingerprint density at radius 3 is 2.46 bits per heavy atom. The number of carbonyl (C=O) groups is 1. The highest BCUT2D eigenvalue weighted by Crippen LogP contribution is 2.29. The lowest BCUT2D eigenvalue weighted by Gasteiger charge is -2.33. The molecule has 2 rings (SSSR count). The first-order valence-electron chi connectivity index (χ1n) is 8.56. The molecular formula is C18H27N5O2S. The van der Waals surface area contributed by atoms with Gasteiger partial charge in [0.25, 0.3) is 11.5 Å². The maximum atomic E-state index is 12.8. The SMILES string of the molecule is Cc1nc(-c2c(C)c(C)nn(C)c2=O)sc1C(=O)NC(C)(CN)C(C)C. The fraction of sp³-hybridized carbons (Fsp3) is 0.556. The second-order valence-corrected chi connectivity index (χ2v) is 8.18. The predicted octanol–water partition coefficient (Wildman–Crippen LogP) is 1.93. The van der Waals surface area contributed by atoms with Crippen molar-refractivity contribution in [2.24, 2.45) is 18.7 Å². The number of hydrogen-bond acceptors (Lipinski definition) is 6. The van der Waals surface area contributed by atoms with Gasteiger partial charge in [0.2, 0.25) is 0 Å². The largest absolute Gasteiger partial charge is 0.345 e. The fourth-order valence-electron chi connectivity index (χ4n) is 2.56. The maximum Gasteiger partial charge on any atom is 0.277 e. The summed E-state index contributed by atoms with van der Waals surface area (Å²) in [6.45, 7) is 11.8. The van der Waals surface area contributed by atoms with Crippen LogP contribution in [-0.4, -0.2) is 32.8 Å². The van der Waals surface area contributed by atoms with Gasteiger partial charge < -0.3 is 11.1 Å². The summed E-state index contributed by atoms with van der Waals surface area (Å²) in [7, 11) is 1.61.